The fourth-order valence-corrected chi connectivity index (χ4v) is 3.10. The van der Waals surface area contributed by atoms with Crippen molar-refractivity contribution in [2.45, 2.75) is 31.7 Å². The Morgan fingerprint density at radius 2 is 2.40 bits per heavy atom. The highest BCUT2D eigenvalue weighted by atomic mass is 32.1. The zero-order chi connectivity index (χ0) is 14.4. The molecule has 2 heterocycles. The van der Waals surface area contributed by atoms with Crippen LogP contribution in [0.4, 0.5) is 4.79 Å². The van der Waals surface area contributed by atoms with E-state index in [1.165, 1.54) is 12.0 Å². The molecular weight excluding hydrogens is 276 g/mol. The molecule has 0 unspecified atom stereocenters. The molecule has 6 heteroatoms. The van der Waals surface area contributed by atoms with E-state index in [4.69, 9.17) is 0 Å². The molecule has 1 aliphatic heterocycles. The van der Waals surface area contributed by atoms with Gasteiger partial charge in [-0.15, -0.1) is 11.3 Å². The number of ether oxygens (including phenoxy) is 1. The van der Waals surface area contributed by atoms with E-state index < -0.39 is 0 Å². The van der Waals surface area contributed by atoms with Crippen molar-refractivity contribution in [3.8, 4) is 0 Å². The molecule has 2 amide bonds. The van der Waals surface area contributed by atoms with Crippen LogP contribution in [0.3, 0.4) is 0 Å². The van der Waals surface area contributed by atoms with Gasteiger partial charge in [0, 0.05) is 30.4 Å². The Morgan fingerprint density at radius 1 is 1.55 bits per heavy atom. The minimum Gasteiger partial charge on any atom is -0.453 e. The standard InChI is InChI=1S/C14H20N2O3S/c1-19-14(18)16-8-7-11(10-16)15-13(17)6-2-4-12-5-3-9-20-12/h3,5,9,11H,2,4,6-8,10H2,1H3,(H,15,17)/t11-/m1/s1. The number of thiophene rings is 1. The third-order valence-electron chi connectivity index (χ3n) is 3.39. The maximum Gasteiger partial charge on any atom is 0.409 e. The summed E-state index contributed by atoms with van der Waals surface area (Å²) >= 11 is 1.72. The molecule has 1 N–H and O–H groups in total. The summed E-state index contributed by atoms with van der Waals surface area (Å²) in [4.78, 5) is 26.1. The molecule has 5 nitrogen and oxygen atoms in total. The molecule has 0 aromatic carbocycles. The topological polar surface area (TPSA) is 58.6 Å². The molecule has 0 saturated carbocycles. The van der Waals surface area contributed by atoms with Gasteiger partial charge < -0.3 is 15.0 Å². The largest absolute Gasteiger partial charge is 0.453 e. The van der Waals surface area contributed by atoms with Gasteiger partial charge in [-0.1, -0.05) is 6.07 Å². The Balaban J connectivity index is 1.64. The second kappa shape index (κ2) is 7.28. The van der Waals surface area contributed by atoms with Gasteiger partial charge in [0.1, 0.15) is 0 Å². The summed E-state index contributed by atoms with van der Waals surface area (Å²) in [6.07, 6.45) is 2.82. The van der Waals surface area contributed by atoms with Crippen LogP contribution >= 0.6 is 11.3 Å². The van der Waals surface area contributed by atoms with E-state index >= 15 is 0 Å². The van der Waals surface area contributed by atoms with Crippen LogP contribution in [0.1, 0.15) is 24.1 Å². The summed E-state index contributed by atoms with van der Waals surface area (Å²) in [6.45, 7) is 1.19. The first-order valence-electron chi connectivity index (χ1n) is 6.83. The normalized spacial score (nSPS) is 18.1. The van der Waals surface area contributed by atoms with Crippen LogP contribution in [0.5, 0.6) is 0 Å². The van der Waals surface area contributed by atoms with Gasteiger partial charge in [-0.05, 0) is 30.7 Å². The highest BCUT2D eigenvalue weighted by Gasteiger charge is 2.27. The molecule has 2 rings (SSSR count). The average Bonchev–Trinajstić information content (AvgIpc) is 3.09. The minimum atomic E-state index is -0.320. The second-order valence-electron chi connectivity index (χ2n) is 4.90. The molecule has 1 fully saturated rings. The number of nitrogens with one attached hydrogen (secondary N) is 1. The lowest BCUT2D eigenvalue weighted by molar-refractivity contribution is -0.121. The summed E-state index contributed by atoms with van der Waals surface area (Å²) < 4.78 is 4.67. The fourth-order valence-electron chi connectivity index (χ4n) is 2.35. The van der Waals surface area contributed by atoms with Gasteiger partial charge in [0.2, 0.25) is 5.91 Å². The van der Waals surface area contributed by atoms with E-state index in [9.17, 15) is 9.59 Å². The summed E-state index contributed by atoms with van der Waals surface area (Å²) in [6, 6.07) is 4.18. The highest BCUT2D eigenvalue weighted by Crippen LogP contribution is 2.13. The molecule has 1 aliphatic rings. The Morgan fingerprint density at radius 3 is 3.10 bits per heavy atom. The number of methoxy groups -OCH3 is 1. The van der Waals surface area contributed by atoms with Crippen molar-refractivity contribution in [3.63, 3.8) is 0 Å². The van der Waals surface area contributed by atoms with Gasteiger partial charge in [-0.2, -0.15) is 0 Å². The van der Waals surface area contributed by atoms with Gasteiger partial charge in [-0.3, -0.25) is 4.79 Å². The number of rotatable bonds is 5. The molecule has 110 valence electrons. The quantitative estimate of drug-likeness (QED) is 0.904. The summed E-state index contributed by atoms with van der Waals surface area (Å²) in [5.41, 5.74) is 0. The van der Waals surface area contributed by atoms with Gasteiger partial charge in [0.05, 0.1) is 7.11 Å². The van der Waals surface area contributed by atoms with Crippen molar-refractivity contribution in [2.24, 2.45) is 0 Å². The Hall–Kier alpha value is -1.56. The minimum absolute atomic E-state index is 0.0586. The maximum atomic E-state index is 11.8. The lowest BCUT2D eigenvalue weighted by Crippen LogP contribution is -2.38. The van der Waals surface area contributed by atoms with E-state index in [2.05, 4.69) is 21.5 Å². The van der Waals surface area contributed by atoms with Crippen LogP contribution in [0.15, 0.2) is 17.5 Å². The van der Waals surface area contributed by atoms with E-state index in [1.807, 2.05) is 6.07 Å². The average molecular weight is 296 g/mol. The van der Waals surface area contributed by atoms with Crippen LogP contribution in [0, 0.1) is 0 Å². The monoisotopic (exact) mass is 296 g/mol. The van der Waals surface area contributed by atoms with E-state index in [-0.39, 0.29) is 18.0 Å². The SMILES string of the molecule is COC(=O)N1CC[C@@H](NC(=O)CCCc2cccs2)C1. The zero-order valence-electron chi connectivity index (χ0n) is 11.6. The molecule has 0 radical (unpaired) electrons. The van der Waals surface area contributed by atoms with Gasteiger partial charge in [0.15, 0.2) is 0 Å². The first-order chi connectivity index (χ1) is 9.69. The van der Waals surface area contributed by atoms with Crippen molar-refractivity contribution >= 4 is 23.3 Å². The fraction of sp³-hybridized carbons (Fsp3) is 0.571. The molecule has 0 aliphatic carbocycles. The number of hydrogen-bond donors (Lipinski definition) is 1. The smallest absolute Gasteiger partial charge is 0.409 e. The Kier molecular flexibility index (Phi) is 5.40. The molecule has 1 atom stereocenters. The molecule has 20 heavy (non-hydrogen) atoms. The predicted molar refractivity (Wildman–Crippen MR) is 77.8 cm³/mol. The molecule has 0 spiro atoms. The lowest BCUT2D eigenvalue weighted by Gasteiger charge is -2.15. The van der Waals surface area contributed by atoms with Crippen LogP contribution in [0.2, 0.25) is 0 Å². The summed E-state index contributed by atoms with van der Waals surface area (Å²) in [5.74, 6) is 0.0678. The van der Waals surface area contributed by atoms with E-state index in [1.54, 1.807) is 16.2 Å². The number of nitrogens with zero attached hydrogens (tertiary/aromatic N) is 1. The van der Waals surface area contributed by atoms with Gasteiger partial charge in [-0.25, -0.2) is 4.79 Å². The lowest BCUT2D eigenvalue weighted by atomic mass is 10.2. The van der Waals surface area contributed by atoms with E-state index in [0.717, 1.165) is 19.3 Å². The van der Waals surface area contributed by atoms with Crippen molar-refractivity contribution in [1.29, 1.82) is 0 Å². The Bertz CT molecular complexity index is 447. The first kappa shape index (κ1) is 14.8. The van der Waals surface area contributed by atoms with Crippen molar-refractivity contribution in [1.82, 2.24) is 10.2 Å². The van der Waals surface area contributed by atoms with Crippen LogP contribution < -0.4 is 5.32 Å². The molecule has 0 bridgehead atoms. The highest BCUT2D eigenvalue weighted by molar-refractivity contribution is 7.09. The number of amides is 2. The Labute approximate surface area is 122 Å². The van der Waals surface area contributed by atoms with Crippen molar-refractivity contribution < 1.29 is 14.3 Å². The van der Waals surface area contributed by atoms with E-state index in [0.29, 0.717) is 19.5 Å². The first-order valence-corrected chi connectivity index (χ1v) is 7.71. The number of hydrogen-bond acceptors (Lipinski definition) is 4. The maximum absolute atomic E-state index is 11.8. The zero-order valence-corrected chi connectivity index (χ0v) is 12.4. The predicted octanol–water partition coefficient (Wildman–Crippen LogP) is 2.03. The summed E-state index contributed by atoms with van der Waals surface area (Å²) in [5, 5.41) is 5.03. The third-order valence-corrected chi connectivity index (χ3v) is 4.33. The molecule has 1 aromatic rings. The molecule has 1 aromatic heterocycles. The van der Waals surface area contributed by atoms with Crippen molar-refractivity contribution in [3.05, 3.63) is 22.4 Å². The second-order valence-corrected chi connectivity index (χ2v) is 5.93. The number of likely N-dealkylation sites (tertiary alicyclic amines) is 1. The van der Waals surface area contributed by atoms with Gasteiger partial charge in [0.25, 0.3) is 0 Å². The number of carbonyl (C=O) groups is 2. The van der Waals surface area contributed by atoms with Gasteiger partial charge >= 0.3 is 6.09 Å². The number of carbonyl (C=O) groups excluding carboxylic acids is 2. The summed E-state index contributed by atoms with van der Waals surface area (Å²) in [7, 11) is 1.37. The third kappa shape index (κ3) is 4.23. The molecular formula is C14H20N2O3S. The number of aryl methyl sites for hydroxylation is 1. The van der Waals surface area contributed by atoms with Crippen molar-refractivity contribution in [2.75, 3.05) is 20.2 Å². The van der Waals surface area contributed by atoms with Crippen LogP contribution in [0.25, 0.3) is 0 Å². The van der Waals surface area contributed by atoms with Crippen LogP contribution in [-0.2, 0) is 16.0 Å². The molecule has 1 saturated heterocycles. The van der Waals surface area contributed by atoms with Crippen LogP contribution in [-0.4, -0.2) is 43.1 Å².